The van der Waals surface area contributed by atoms with Crippen molar-refractivity contribution in [2.45, 2.75) is 58.0 Å². The third-order valence-electron chi connectivity index (χ3n) is 3.89. The molecule has 1 aliphatic rings. The van der Waals surface area contributed by atoms with Gasteiger partial charge in [0.05, 0.1) is 5.54 Å². The molecule has 1 heterocycles. The summed E-state index contributed by atoms with van der Waals surface area (Å²) in [5, 5.41) is 0. The molecule has 1 saturated heterocycles. The van der Waals surface area contributed by atoms with Crippen LogP contribution in [0.15, 0.2) is 0 Å². The van der Waals surface area contributed by atoms with Gasteiger partial charge in [0, 0.05) is 19.1 Å². The molecule has 0 spiro atoms. The van der Waals surface area contributed by atoms with E-state index in [0.717, 1.165) is 45.3 Å². The first-order chi connectivity index (χ1) is 8.42. The highest BCUT2D eigenvalue weighted by molar-refractivity contribution is 5.86. The third kappa shape index (κ3) is 3.69. The first-order valence-electron chi connectivity index (χ1n) is 7.20. The van der Waals surface area contributed by atoms with E-state index >= 15 is 0 Å². The molecule has 2 atom stereocenters. The number of carbonyl (C=O) groups is 1. The van der Waals surface area contributed by atoms with E-state index in [0.29, 0.717) is 6.04 Å². The molecule has 4 nitrogen and oxygen atoms in total. The maximum atomic E-state index is 12.6. The molecular formula is C14H29N3O. The Morgan fingerprint density at radius 3 is 2.61 bits per heavy atom. The number of nitrogens with two attached hydrogens (primary N) is 1. The molecule has 2 N–H and O–H groups in total. The Morgan fingerprint density at radius 2 is 2.06 bits per heavy atom. The number of hydrogen-bond donors (Lipinski definition) is 1. The second-order valence-electron chi connectivity index (χ2n) is 5.84. The molecule has 18 heavy (non-hydrogen) atoms. The van der Waals surface area contributed by atoms with Crippen molar-refractivity contribution < 1.29 is 4.79 Å². The maximum absolute atomic E-state index is 12.6. The lowest BCUT2D eigenvalue weighted by molar-refractivity contribution is -0.139. The van der Waals surface area contributed by atoms with Gasteiger partial charge in [-0.25, -0.2) is 0 Å². The van der Waals surface area contributed by atoms with Gasteiger partial charge in [-0.15, -0.1) is 0 Å². The Balaban J connectivity index is 2.80. The topological polar surface area (TPSA) is 49.6 Å². The van der Waals surface area contributed by atoms with Crippen LogP contribution in [0.25, 0.3) is 0 Å². The van der Waals surface area contributed by atoms with Crippen molar-refractivity contribution in [2.24, 2.45) is 5.73 Å². The number of hydrogen-bond acceptors (Lipinski definition) is 3. The minimum Gasteiger partial charge on any atom is -0.337 e. The zero-order valence-electron chi connectivity index (χ0n) is 12.4. The zero-order valence-corrected chi connectivity index (χ0v) is 12.4. The summed E-state index contributed by atoms with van der Waals surface area (Å²) in [5.74, 6) is 0.131. The fourth-order valence-corrected chi connectivity index (χ4v) is 2.81. The summed E-state index contributed by atoms with van der Waals surface area (Å²) in [6.45, 7) is 8.97. The van der Waals surface area contributed by atoms with Gasteiger partial charge in [0.1, 0.15) is 0 Å². The molecular weight excluding hydrogens is 226 g/mol. The molecule has 106 valence electrons. The van der Waals surface area contributed by atoms with Gasteiger partial charge in [-0.2, -0.15) is 0 Å². The van der Waals surface area contributed by atoms with E-state index in [1.54, 1.807) is 0 Å². The summed E-state index contributed by atoms with van der Waals surface area (Å²) in [7, 11) is 2.13. The summed E-state index contributed by atoms with van der Waals surface area (Å²) in [5.41, 5.74) is 5.50. The van der Waals surface area contributed by atoms with Crippen molar-refractivity contribution in [2.75, 3.05) is 26.7 Å². The van der Waals surface area contributed by atoms with Crippen LogP contribution < -0.4 is 5.73 Å². The Bertz CT molecular complexity index is 278. The highest BCUT2D eigenvalue weighted by atomic mass is 16.2. The van der Waals surface area contributed by atoms with E-state index in [1.807, 2.05) is 11.8 Å². The Labute approximate surface area is 111 Å². The van der Waals surface area contributed by atoms with Crippen LogP contribution in [0.2, 0.25) is 0 Å². The lowest BCUT2D eigenvalue weighted by atomic mass is 9.94. The molecule has 1 rings (SSSR count). The largest absolute Gasteiger partial charge is 0.337 e. The summed E-state index contributed by atoms with van der Waals surface area (Å²) in [6.07, 6.45) is 3.75. The summed E-state index contributed by atoms with van der Waals surface area (Å²) < 4.78 is 0. The first kappa shape index (κ1) is 15.4. The fourth-order valence-electron chi connectivity index (χ4n) is 2.81. The van der Waals surface area contributed by atoms with Crippen LogP contribution in [0.3, 0.4) is 0 Å². The van der Waals surface area contributed by atoms with Crippen LogP contribution in [0.1, 0.15) is 46.5 Å². The summed E-state index contributed by atoms with van der Waals surface area (Å²) in [4.78, 5) is 17.0. The summed E-state index contributed by atoms with van der Waals surface area (Å²) >= 11 is 0. The number of rotatable bonds is 4. The lowest BCUT2D eigenvalue weighted by Gasteiger charge is -2.36. The van der Waals surface area contributed by atoms with Crippen molar-refractivity contribution in [1.29, 1.82) is 0 Å². The SMILES string of the molecule is CCCC(C)(N)C(=O)N1CCCN(C)CC1CC. The molecule has 4 heteroatoms. The van der Waals surface area contributed by atoms with Crippen LogP contribution >= 0.6 is 0 Å². The zero-order chi connectivity index (χ0) is 13.8. The van der Waals surface area contributed by atoms with Crippen LogP contribution in [0, 0.1) is 0 Å². The summed E-state index contributed by atoms with van der Waals surface area (Å²) in [6, 6.07) is 0.310. The molecule has 1 amide bonds. The monoisotopic (exact) mass is 255 g/mol. The number of likely N-dealkylation sites (N-methyl/N-ethyl adjacent to an activating group) is 1. The molecule has 1 aliphatic heterocycles. The Hall–Kier alpha value is -0.610. The van der Waals surface area contributed by atoms with Crippen LogP contribution in [0.5, 0.6) is 0 Å². The fraction of sp³-hybridized carbons (Fsp3) is 0.929. The second kappa shape index (κ2) is 6.53. The molecule has 0 aliphatic carbocycles. The minimum atomic E-state index is -0.703. The van der Waals surface area contributed by atoms with E-state index in [9.17, 15) is 4.79 Å². The highest BCUT2D eigenvalue weighted by Crippen LogP contribution is 2.19. The van der Waals surface area contributed by atoms with Gasteiger partial charge < -0.3 is 15.5 Å². The lowest BCUT2D eigenvalue weighted by Crippen LogP contribution is -2.56. The number of nitrogens with zero attached hydrogens (tertiary/aromatic N) is 2. The van der Waals surface area contributed by atoms with Crippen molar-refractivity contribution >= 4 is 5.91 Å². The number of carbonyl (C=O) groups excluding carboxylic acids is 1. The van der Waals surface area contributed by atoms with Gasteiger partial charge in [-0.3, -0.25) is 4.79 Å². The van der Waals surface area contributed by atoms with Crippen molar-refractivity contribution in [3.8, 4) is 0 Å². The molecule has 2 unspecified atom stereocenters. The van der Waals surface area contributed by atoms with Crippen molar-refractivity contribution in [1.82, 2.24) is 9.80 Å². The van der Waals surface area contributed by atoms with E-state index < -0.39 is 5.54 Å². The van der Waals surface area contributed by atoms with Crippen molar-refractivity contribution in [3.63, 3.8) is 0 Å². The molecule has 0 aromatic carbocycles. The third-order valence-corrected chi connectivity index (χ3v) is 3.89. The average molecular weight is 255 g/mol. The van der Waals surface area contributed by atoms with Gasteiger partial charge in [-0.05, 0) is 39.8 Å². The molecule has 0 aromatic heterocycles. The smallest absolute Gasteiger partial charge is 0.242 e. The quantitative estimate of drug-likeness (QED) is 0.827. The Morgan fingerprint density at radius 1 is 1.39 bits per heavy atom. The normalized spacial score (nSPS) is 25.6. The van der Waals surface area contributed by atoms with Crippen LogP contribution in [-0.4, -0.2) is 54.0 Å². The van der Waals surface area contributed by atoms with Gasteiger partial charge in [0.15, 0.2) is 0 Å². The maximum Gasteiger partial charge on any atom is 0.242 e. The van der Waals surface area contributed by atoms with Gasteiger partial charge >= 0.3 is 0 Å². The van der Waals surface area contributed by atoms with E-state index in [-0.39, 0.29) is 5.91 Å². The molecule has 0 aromatic rings. The van der Waals surface area contributed by atoms with E-state index in [2.05, 4.69) is 25.8 Å². The Kier molecular flexibility index (Phi) is 5.60. The number of amides is 1. The average Bonchev–Trinajstić information content (AvgIpc) is 2.49. The van der Waals surface area contributed by atoms with Crippen molar-refractivity contribution in [3.05, 3.63) is 0 Å². The molecule has 0 saturated carbocycles. The van der Waals surface area contributed by atoms with Crippen LogP contribution in [-0.2, 0) is 4.79 Å². The highest BCUT2D eigenvalue weighted by Gasteiger charge is 2.35. The van der Waals surface area contributed by atoms with Gasteiger partial charge in [0.25, 0.3) is 0 Å². The standard InChI is InChI=1S/C14H29N3O/c1-5-8-14(3,15)13(18)17-10-7-9-16(4)11-12(17)6-2/h12H,5-11,15H2,1-4H3. The molecule has 0 bridgehead atoms. The molecule has 1 fully saturated rings. The van der Waals surface area contributed by atoms with E-state index in [4.69, 9.17) is 5.73 Å². The van der Waals surface area contributed by atoms with Gasteiger partial charge in [-0.1, -0.05) is 20.3 Å². The van der Waals surface area contributed by atoms with Crippen LogP contribution in [0.4, 0.5) is 0 Å². The van der Waals surface area contributed by atoms with E-state index in [1.165, 1.54) is 0 Å². The minimum absolute atomic E-state index is 0.131. The predicted molar refractivity (Wildman–Crippen MR) is 75.4 cm³/mol. The first-order valence-corrected chi connectivity index (χ1v) is 7.20. The predicted octanol–water partition coefficient (Wildman–Crippen LogP) is 1.45. The second-order valence-corrected chi connectivity index (χ2v) is 5.84. The van der Waals surface area contributed by atoms with Gasteiger partial charge in [0.2, 0.25) is 5.91 Å². The molecule has 0 radical (unpaired) electrons.